The van der Waals surface area contributed by atoms with Gasteiger partial charge in [0, 0.05) is 0 Å². The normalized spacial score (nSPS) is 12.3. The predicted octanol–water partition coefficient (Wildman–Crippen LogP) is 7.20. The van der Waals surface area contributed by atoms with E-state index in [1.807, 2.05) is 0 Å². The van der Waals surface area contributed by atoms with Crippen LogP contribution in [0.3, 0.4) is 0 Å². The topological polar surface area (TPSA) is 9.23 Å². The lowest BCUT2D eigenvalue weighted by Crippen LogP contribution is -2.12. The Labute approximate surface area is 154 Å². The summed E-state index contributed by atoms with van der Waals surface area (Å²) in [6.07, 6.45) is 1.95. The maximum atomic E-state index is 6.36. The van der Waals surface area contributed by atoms with E-state index in [9.17, 15) is 0 Å². The fourth-order valence-corrected chi connectivity index (χ4v) is 2.96. The van der Waals surface area contributed by atoms with E-state index in [1.54, 1.807) is 0 Å². The summed E-state index contributed by atoms with van der Waals surface area (Å²) >= 11 is 0. The summed E-state index contributed by atoms with van der Waals surface area (Å²) in [4.78, 5) is 0. The average Bonchev–Trinajstić information content (AvgIpc) is 2.53. The summed E-state index contributed by atoms with van der Waals surface area (Å²) in [7, 11) is 0. The van der Waals surface area contributed by atoms with Gasteiger partial charge in [0.25, 0.3) is 0 Å². The molecule has 136 valence electrons. The molecular weight excluding hydrogens is 304 g/mol. The van der Waals surface area contributed by atoms with Crippen molar-refractivity contribution < 1.29 is 4.74 Å². The first-order chi connectivity index (χ1) is 11.6. The quantitative estimate of drug-likeness (QED) is 0.573. The summed E-state index contributed by atoms with van der Waals surface area (Å²) in [5.41, 5.74) is 5.58. The van der Waals surface area contributed by atoms with Gasteiger partial charge in [0.2, 0.25) is 0 Å². The summed E-state index contributed by atoms with van der Waals surface area (Å²) in [5.74, 6) is 1.96. The molecule has 0 aliphatic carbocycles. The molecule has 0 aliphatic rings. The Morgan fingerprint density at radius 2 is 1.00 bits per heavy atom. The summed E-state index contributed by atoms with van der Waals surface area (Å²) in [6, 6.07) is 13.3. The maximum Gasteiger partial charge on any atom is 0.130 e. The Hall–Kier alpha value is -1.76. The number of ether oxygens (including phenoxy) is 1. The molecule has 2 aromatic carbocycles. The zero-order chi connectivity index (χ0) is 18.8. The number of aryl methyl sites for hydroxylation is 2. The van der Waals surface area contributed by atoms with Crippen LogP contribution in [0, 0.1) is 0 Å². The van der Waals surface area contributed by atoms with Gasteiger partial charge in [0.05, 0.1) is 0 Å². The van der Waals surface area contributed by atoms with Crippen molar-refractivity contribution in [1.29, 1.82) is 0 Å². The van der Waals surface area contributed by atoms with Crippen molar-refractivity contribution >= 4 is 0 Å². The molecule has 0 aliphatic heterocycles. The van der Waals surface area contributed by atoms with Gasteiger partial charge in [-0.15, -0.1) is 0 Å². The Kier molecular flexibility index (Phi) is 5.66. The van der Waals surface area contributed by atoms with Gasteiger partial charge in [-0.2, -0.15) is 0 Å². The molecule has 1 heteroatoms. The molecule has 0 spiro atoms. The molecule has 2 rings (SSSR count). The van der Waals surface area contributed by atoms with Gasteiger partial charge in [0.15, 0.2) is 0 Å². The van der Waals surface area contributed by atoms with Gasteiger partial charge in [-0.05, 0) is 58.1 Å². The van der Waals surface area contributed by atoms with Crippen molar-refractivity contribution in [2.45, 2.75) is 79.1 Å². The molecule has 25 heavy (non-hydrogen) atoms. The van der Waals surface area contributed by atoms with Crippen LogP contribution in [0.25, 0.3) is 0 Å². The van der Waals surface area contributed by atoms with Gasteiger partial charge in [0.1, 0.15) is 11.5 Å². The van der Waals surface area contributed by atoms with Crippen LogP contribution in [0.5, 0.6) is 11.5 Å². The number of benzene rings is 2. The van der Waals surface area contributed by atoms with Gasteiger partial charge in [-0.25, -0.2) is 0 Å². The van der Waals surface area contributed by atoms with Crippen molar-refractivity contribution in [3.8, 4) is 11.5 Å². The highest BCUT2D eigenvalue weighted by Gasteiger charge is 2.18. The van der Waals surface area contributed by atoms with Crippen LogP contribution in [0.4, 0.5) is 0 Å². The van der Waals surface area contributed by atoms with Gasteiger partial charge in [-0.3, -0.25) is 0 Å². The molecule has 0 saturated heterocycles. The molecule has 0 atom stereocenters. The number of hydrogen-bond acceptors (Lipinski definition) is 1. The molecular formula is C24H34O. The number of rotatable bonds is 4. The molecule has 0 amide bonds. The van der Waals surface area contributed by atoms with Gasteiger partial charge in [-0.1, -0.05) is 79.7 Å². The van der Waals surface area contributed by atoms with E-state index in [4.69, 9.17) is 4.74 Å². The van der Waals surface area contributed by atoms with E-state index in [1.165, 1.54) is 22.3 Å². The summed E-state index contributed by atoms with van der Waals surface area (Å²) < 4.78 is 6.36. The molecule has 0 radical (unpaired) electrons. The highest BCUT2D eigenvalue weighted by atomic mass is 16.5. The lowest BCUT2D eigenvalue weighted by molar-refractivity contribution is 0.468. The Bertz CT molecular complexity index is 663. The molecule has 1 nitrogen and oxygen atoms in total. The minimum Gasteiger partial charge on any atom is -0.457 e. The third kappa shape index (κ3) is 4.66. The second-order valence-electron chi connectivity index (χ2n) is 8.95. The van der Waals surface area contributed by atoms with E-state index < -0.39 is 0 Å². The van der Waals surface area contributed by atoms with Crippen LogP contribution < -0.4 is 4.74 Å². The van der Waals surface area contributed by atoms with Crippen LogP contribution >= 0.6 is 0 Å². The lowest BCUT2D eigenvalue weighted by Gasteiger charge is -2.23. The first-order valence-electron chi connectivity index (χ1n) is 9.51. The van der Waals surface area contributed by atoms with E-state index in [-0.39, 0.29) is 10.8 Å². The Morgan fingerprint density at radius 3 is 1.28 bits per heavy atom. The molecule has 0 N–H and O–H groups in total. The van der Waals surface area contributed by atoms with Crippen LogP contribution in [-0.2, 0) is 23.7 Å². The SMILES string of the molecule is CCc1cc(C(C)(C)C)ccc1Oc1ccc(C(C)(C)C)cc1CC. The van der Waals surface area contributed by atoms with Crippen LogP contribution in [-0.4, -0.2) is 0 Å². The van der Waals surface area contributed by atoms with Gasteiger partial charge < -0.3 is 4.74 Å². The van der Waals surface area contributed by atoms with E-state index >= 15 is 0 Å². The van der Waals surface area contributed by atoms with Crippen LogP contribution in [0.2, 0.25) is 0 Å². The van der Waals surface area contributed by atoms with E-state index in [0.717, 1.165) is 24.3 Å². The van der Waals surface area contributed by atoms with E-state index in [0.29, 0.717) is 0 Å². The van der Waals surface area contributed by atoms with Crippen molar-refractivity contribution in [2.24, 2.45) is 0 Å². The highest BCUT2D eigenvalue weighted by molar-refractivity contribution is 5.46. The summed E-state index contributed by atoms with van der Waals surface area (Å²) in [5, 5.41) is 0. The standard InChI is InChI=1S/C24H34O/c1-9-17-15-19(23(3,4)5)11-13-21(17)25-22-14-12-20(24(6,7)8)16-18(22)10-2/h11-16H,9-10H2,1-8H3. The van der Waals surface area contributed by atoms with Crippen molar-refractivity contribution in [2.75, 3.05) is 0 Å². The molecule has 0 aromatic heterocycles. The Balaban J connectivity index is 2.39. The fraction of sp³-hybridized carbons (Fsp3) is 0.500. The molecule has 0 heterocycles. The largest absolute Gasteiger partial charge is 0.457 e. The van der Waals surface area contributed by atoms with Crippen LogP contribution in [0.15, 0.2) is 36.4 Å². The first-order valence-corrected chi connectivity index (χ1v) is 9.51. The van der Waals surface area contributed by atoms with Crippen molar-refractivity contribution in [3.63, 3.8) is 0 Å². The van der Waals surface area contributed by atoms with Gasteiger partial charge >= 0.3 is 0 Å². The molecule has 0 bridgehead atoms. The molecule has 2 aromatic rings. The molecule has 0 fully saturated rings. The predicted molar refractivity (Wildman–Crippen MR) is 109 cm³/mol. The van der Waals surface area contributed by atoms with Crippen molar-refractivity contribution in [3.05, 3.63) is 58.7 Å². The zero-order valence-corrected chi connectivity index (χ0v) is 17.3. The first kappa shape index (κ1) is 19.6. The fourth-order valence-electron chi connectivity index (χ4n) is 2.96. The average molecular weight is 339 g/mol. The zero-order valence-electron chi connectivity index (χ0n) is 17.3. The second kappa shape index (κ2) is 7.23. The minimum atomic E-state index is 0.158. The highest BCUT2D eigenvalue weighted by Crippen LogP contribution is 2.34. The maximum absolute atomic E-state index is 6.36. The monoisotopic (exact) mass is 338 g/mol. The molecule has 0 unspecified atom stereocenters. The smallest absolute Gasteiger partial charge is 0.130 e. The lowest BCUT2D eigenvalue weighted by atomic mass is 9.85. The third-order valence-corrected chi connectivity index (χ3v) is 4.83. The second-order valence-corrected chi connectivity index (χ2v) is 8.95. The van der Waals surface area contributed by atoms with Crippen molar-refractivity contribution in [1.82, 2.24) is 0 Å². The van der Waals surface area contributed by atoms with Crippen LogP contribution in [0.1, 0.15) is 77.6 Å². The Morgan fingerprint density at radius 1 is 0.640 bits per heavy atom. The minimum absolute atomic E-state index is 0.158. The third-order valence-electron chi connectivity index (χ3n) is 4.83. The molecule has 0 saturated carbocycles. The summed E-state index contributed by atoms with van der Waals surface area (Å²) in [6.45, 7) is 17.9. The number of hydrogen-bond donors (Lipinski definition) is 0. The van der Waals surface area contributed by atoms with E-state index in [2.05, 4.69) is 91.8 Å².